The highest BCUT2D eigenvalue weighted by Crippen LogP contribution is 2.28. The second-order valence-electron chi connectivity index (χ2n) is 4.62. The van der Waals surface area contributed by atoms with Gasteiger partial charge in [0.1, 0.15) is 0 Å². The molecule has 1 aromatic heterocycles. The lowest BCUT2D eigenvalue weighted by Crippen LogP contribution is -2.19. The molecule has 0 aliphatic rings. The van der Waals surface area contributed by atoms with Crippen molar-refractivity contribution in [2.45, 2.75) is 25.9 Å². The van der Waals surface area contributed by atoms with Gasteiger partial charge in [-0.25, -0.2) is 0 Å². The molecule has 2 rings (SSSR count). The van der Waals surface area contributed by atoms with Crippen LogP contribution in [-0.4, -0.2) is 12.0 Å². The Morgan fingerprint density at radius 1 is 1.43 bits per heavy atom. The summed E-state index contributed by atoms with van der Waals surface area (Å²) in [6, 6.07) is 9.45. The predicted octanol–water partition coefficient (Wildman–Crippen LogP) is 3.91. The number of nitro groups is 1. The lowest BCUT2D eigenvalue weighted by molar-refractivity contribution is -0.385. The predicted molar refractivity (Wildman–Crippen MR) is 83.8 cm³/mol. The lowest BCUT2D eigenvalue weighted by atomic mass is 10.1. The second-order valence-corrected chi connectivity index (χ2v) is 5.60. The molecular weight excluding hydrogens is 288 g/mol. The molecule has 0 aliphatic carbocycles. The normalized spacial score (nSPS) is 12.1. The molecule has 0 bridgehead atoms. The number of nitro benzene ring substituents is 1. The molecule has 1 aromatic carbocycles. The van der Waals surface area contributed by atoms with Crippen LogP contribution in [0.5, 0.6) is 5.75 Å². The summed E-state index contributed by atoms with van der Waals surface area (Å²) in [7, 11) is 1.43. The molecule has 0 saturated carbocycles. The Labute approximate surface area is 127 Å². The topological polar surface area (TPSA) is 64.4 Å². The van der Waals surface area contributed by atoms with Crippen LogP contribution in [-0.2, 0) is 6.54 Å². The Kier molecular flexibility index (Phi) is 5.30. The smallest absolute Gasteiger partial charge is 0.311 e. The summed E-state index contributed by atoms with van der Waals surface area (Å²) in [6.07, 6.45) is 0.971. The van der Waals surface area contributed by atoms with Crippen LogP contribution in [0.25, 0.3) is 0 Å². The molecular formula is C15H18N2O3S. The maximum absolute atomic E-state index is 11.0. The zero-order chi connectivity index (χ0) is 15.2. The molecule has 1 heterocycles. The van der Waals surface area contributed by atoms with Gasteiger partial charge in [0, 0.05) is 23.5 Å². The summed E-state index contributed by atoms with van der Waals surface area (Å²) in [5, 5.41) is 16.5. The summed E-state index contributed by atoms with van der Waals surface area (Å²) in [5.41, 5.74) is 0.874. The quantitative estimate of drug-likeness (QED) is 0.622. The van der Waals surface area contributed by atoms with Crippen molar-refractivity contribution >= 4 is 17.0 Å². The van der Waals surface area contributed by atoms with Gasteiger partial charge in [-0.3, -0.25) is 10.1 Å². The van der Waals surface area contributed by atoms with Crippen LogP contribution in [0, 0.1) is 10.1 Å². The number of methoxy groups -OCH3 is 1. The molecule has 21 heavy (non-hydrogen) atoms. The molecule has 0 fully saturated rings. The summed E-state index contributed by atoms with van der Waals surface area (Å²) in [6.45, 7) is 2.70. The Balaban J connectivity index is 2.09. The SMILES string of the molecule is CCC(NCc1ccc(OC)c([N+](=O)[O-])c1)c1cccs1. The fraction of sp³-hybridized carbons (Fsp3) is 0.333. The van der Waals surface area contributed by atoms with Crippen molar-refractivity contribution in [1.82, 2.24) is 5.32 Å². The average molecular weight is 306 g/mol. The molecule has 6 heteroatoms. The number of thiophene rings is 1. The molecule has 0 aliphatic heterocycles. The van der Waals surface area contributed by atoms with E-state index in [4.69, 9.17) is 4.74 Å². The second kappa shape index (κ2) is 7.19. The number of nitrogens with zero attached hydrogens (tertiary/aromatic N) is 1. The first-order valence-corrected chi connectivity index (χ1v) is 7.61. The minimum atomic E-state index is -0.418. The number of ether oxygens (including phenoxy) is 1. The molecule has 112 valence electrons. The van der Waals surface area contributed by atoms with E-state index in [2.05, 4.69) is 23.7 Å². The van der Waals surface area contributed by atoms with E-state index in [1.807, 2.05) is 12.1 Å². The Morgan fingerprint density at radius 3 is 2.81 bits per heavy atom. The Hall–Kier alpha value is -1.92. The van der Waals surface area contributed by atoms with Crippen molar-refractivity contribution in [2.24, 2.45) is 0 Å². The van der Waals surface area contributed by atoms with E-state index in [1.165, 1.54) is 12.0 Å². The molecule has 0 radical (unpaired) electrons. The maximum atomic E-state index is 11.0. The minimum Gasteiger partial charge on any atom is -0.490 e. The molecule has 5 nitrogen and oxygen atoms in total. The van der Waals surface area contributed by atoms with Gasteiger partial charge in [0.15, 0.2) is 5.75 Å². The van der Waals surface area contributed by atoms with E-state index in [0.29, 0.717) is 6.54 Å². The van der Waals surface area contributed by atoms with Crippen LogP contribution >= 0.6 is 11.3 Å². The van der Waals surface area contributed by atoms with Gasteiger partial charge in [-0.15, -0.1) is 11.3 Å². The average Bonchev–Trinajstić information content (AvgIpc) is 3.02. The number of benzene rings is 1. The highest BCUT2D eigenvalue weighted by Gasteiger charge is 2.16. The standard InChI is InChI=1S/C15H18N2O3S/c1-3-12(15-5-4-8-21-15)16-10-11-6-7-14(20-2)13(9-11)17(18)19/h4-9,12,16H,3,10H2,1-2H3. The van der Waals surface area contributed by atoms with Crippen molar-refractivity contribution in [1.29, 1.82) is 0 Å². The third-order valence-electron chi connectivity index (χ3n) is 3.29. The molecule has 0 saturated heterocycles. The monoisotopic (exact) mass is 306 g/mol. The van der Waals surface area contributed by atoms with Gasteiger partial charge in [-0.1, -0.05) is 19.1 Å². The van der Waals surface area contributed by atoms with Gasteiger partial charge < -0.3 is 10.1 Å². The zero-order valence-corrected chi connectivity index (χ0v) is 12.9. The third-order valence-corrected chi connectivity index (χ3v) is 4.27. The Bertz CT molecular complexity index is 599. The first kappa shape index (κ1) is 15.5. The highest BCUT2D eigenvalue weighted by atomic mass is 32.1. The van der Waals surface area contributed by atoms with E-state index >= 15 is 0 Å². The van der Waals surface area contributed by atoms with Crippen LogP contribution in [0.15, 0.2) is 35.7 Å². The van der Waals surface area contributed by atoms with Crippen LogP contribution in [0.1, 0.15) is 29.8 Å². The fourth-order valence-corrected chi connectivity index (χ4v) is 3.05. The van der Waals surface area contributed by atoms with Crippen molar-refractivity contribution in [3.05, 3.63) is 56.3 Å². The lowest BCUT2D eigenvalue weighted by Gasteiger charge is -2.15. The minimum absolute atomic E-state index is 0.000900. The molecule has 0 spiro atoms. The van der Waals surface area contributed by atoms with Crippen molar-refractivity contribution in [3.63, 3.8) is 0 Å². The van der Waals surface area contributed by atoms with E-state index in [-0.39, 0.29) is 17.5 Å². The largest absolute Gasteiger partial charge is 0.490 e. The third kappa shape index (κ3) is 3.80. The van der Waals surface area contributed by atoms with Crippen molar-refractivity contribution in [3.8, 4) is 5.75 Å². The number of hydrogen-bond acceptors (Lipinski definition) is 5. The highest BCUT2D eigenvalue weighted by molar-refractivity contribution is 7.10. The molecule has 2 aromatic rings. The molecule has 0 amide bonds. The summed E-state index contributed by atoms with van der Waals surface area (Å²) < 4.78 is 5.01. The van der Waals surface area contributed by atoms with E-state index < -0.39 is 4.92 Å². The van der Waals surface area contributed by atoms with E-state index in [1.54, 1.807) is 23.5 Å². The van der Waals surface area contributed by atoms with E-state index in [9.17, 15) is 10.1 Å². The molecule has 1 unspecified atom stereocenters. The van der Waals surface area contributed by atoms with E-state index in [0.717, 1.165) is 12.0 Å². The number of nitrogens with one attached hydrogen (secondary N) is 1. The van der Waals surface area contributed by atoms with Crippen LogP contribution in [0.2, 0.25) is 0 Å². The van der Waals surface area contributed by atoms with Gasteiger partial charge in [-0.2, -0.15) is 0 Å². The number of hydrogen-bond donors (Lipinski definition) is 1. The van der Waals surface area contributed by atoms with Crippen LogP contribution in [0.3, 0.4) is 0 Å². The first-order chi connectivity index (χ1) is 10.2. The maximum Gasteiger partial charge on any atom is 0.311 e. The van der Waals surface area contributed by atoms with Crippen molar-refractivity contribution in [2.75, 3.05) is 7.11 Å². The van der Waals surface area contributed by atoms with Gasteiger partial charge in [0.2, 0.25) is 0 Å². The van der Waals surface area contributed by atoms with Crippen LogP contribution in [0.4, 0.5) is 5.69 Å². The Morgan fingerprint density at radius 2 is 2.24 bits per heavy atom. The van der Waals surface area contributed by atoms with Gasteiger partial charge in [0.25, 0.3) is 0 Å². The van der Waals surface area contributed by atoms with Gasteiger partial charge in [-0.05, 0) is 29.5 Å². The number of rotatable bonds is 7. The zero-order valence-electron chi connectivity index (χ0n) is 12.0. The summed E-state index contributed by atoms with van der Waals surface area (Å²) in [5.74, 6) is 0.286. The molecule has 1 N–H and O–H groups in total. The van der Waals surface area contributed by atoms with Gasteiger partial charge in [0.05, 0.1) is 12.0 Å². The summed E-state index contributed by atoms with van der Waals surface area (Å²) in [4.78, 5) is 11.9. The van der Waals surface area contributed by atoms with Gasteiger partial charge >= 0.3 is 5.69 Å². The molecule has 1 atom stereocenters. The van der Waals surface area contributed by atoms with Crippen molar-refractivity contribution < 1.29 is 9.66 Å². The fourth-order valence-electron chi connectivity index (χ4n) is 2.16. The summed E-state index contributed by atoms with van der Waals surface area (Å²) >= 11 is 1.71. The first-order valence-electron chi connectivity index (χ1n) is 6.73. The van der Waals surface area contributed by atoms with Crippen LogP contribution < -0.4 is 10.1 Å².